The summed E-state index contributed by atoms with van der Waals surface area (Å²) in [5.74, 6) is -7.15. The van der Waals surface area contributed by atoms with Crippen LogP contribution in [-0.4, -0.2) is 36.7 Å². The van der Waals surface area contributed by atoms with E-state index in [2.05, 4.69) is 4.74 Å². The van der Waals surface area contributed by atoms with E-state index in [-0.39, 0.29) is 5.92 Å². The molecule has 0 radical (unpaired) electrons. The van der Waals surface area contributed by atoms with E-state index >= 15 is 0 Å². The van der Waals surface area contributed by atoms with E-state index in [4.69, 9.17) is 4.74 Å². The second kappa shape index (κ2) is 7.56. The summed E-state index contributed by atoms with van der Waals surface area (Å²) in [6, 6.07) is 0. The first-order valence-corrected chi connectivity index (χ1v) is 6.16. The van der Waals surface area contributed by atoms with Crippen LogP contribution in [0.25, 0.3) is 0 Å². The Kier molecular flexibility index (Phi) is 7.05. The molecular weight excluding hydrogens is 303 g/mol. The van der Waals surface area contributed by atoms with Crippen LogP contribution < -0.4 is 0 Å². The van der Waals surface area contributed by atoms with Crippen molar-refractivity contribution in [2.75, 3.05) is 6.61 Å². The number of esters is 2. The normalized spacial score (nSPS) is 14.0. The highest BCUT2D eigenvalue weighted by Crippen LogP contribution is 2.35. The molecule has 0 aromatic heterocycles. The molecule has 1 atom stereocenters. The summed E-state index contributed by atoms with van der Waals surface area (Å²) in [5.41, 5.74) is 0. The fraction of sp³-hybridized carbons (Fsp3) is 0.833. The van der Waals surface area contributed by atoms with Crippen molar-refractivity contribution >= 4 is 11.9 Å². The number of rotatable bonds is 7. The summed E-state index contributed by atoms with van der Waals surface area (Å²) in [6.07, 6.45) is -7.27. The molecule has 0 rings (SSSR count). The van der Waals surface area contributed by atoms with Gasteiger partial charge in [0.1, 0.15) is 6.10 Å². The SMILES string of the molecule is CC(C)C(C)OC(=O)CCC(=O)OCC(F)(F)C(F)(F)F. The van der Waals surface area contributed by atoms with Gasteiger partial charge >= 0.3 is 24.0 Å². The zero-order valence-corrected chi connectivity index (χ0v) is 11.8. The topological polar surface area (TPSA) is 52.6 Å². The van der Waals surface area contributed by atoms with Gasteiger partial charge in [0.2, 0.25) is 0 Å². The maximum absolute atomic E-state index is 12.5. The van der Waals surface area contributed by atoms with Gasteiger partial charge in [0, 0.05) is 0 Å². The van der Waals surface area contributed by atoms with E-state index in [9.17, 15) is 31.5 Å². The third kappa shape index (κ3) is 7.24. The summed E-state index contributed by atoms with van der Waals surface area (Å²) in [5, 5.41) is 0. The first-order valence-electron chi connectivity index (χ1n) is 6.16. The van der Waals surface area contributed by atoms with Gasteiger partial charge in [-0.15, -0.1) is 0 Å². The van der Waals surface area contributed by atoms with E-state index in [1.807, 2.05) is 0 Å². The Morgan fingerprint density at radius 1 is 0.952 bits per heavy atom. The van der Waals surface area contributed by atoms with Crippen molar-refractivity contribution in [1.29, 1.82) is 0 Å². The van der Waals surface area contributed by atoms with Gasteiger partial charge in [-0.05, 0) is 12.8 Å². The minimum absolute atomic E-state index is 0.0476. The van der Waals surface area contributed by atoms with Crippen LogP contribution in [0.2, 0.25) is 0 Å². The molecule has 0 saturated carbocycles. The lowest BCUT2D eigenvalue weighted by Crippen LogP contribution is -2.41. The quantitative estimate of drug-likeness (QED) is 0.534. The number of carbonyl (C=O) groups is 2. The molecule has 1 unspecified atom stereocenters. The second-order valence-corrected chi connectivity index (χ2v) is 4.80. The predicted molar refractivity (Wildman–Crippen MR) is 61.6 cm³/mol. The molecule has 0 aliphatic rings. The lowest BCUT2D eigenvalue weighted by Gasteiger charge is -2.19. The molecule has 0 saturated heterocycles. The van der Waals surface area contributed by atoms with Gasteiger partial charge in [-0.2, -0.15) is 22.0 Å². The molecule has 0 N–H and O–H groups in total. The van der Waals surface area contributed by atoms with Crippen molar-refractivity contribution in [3.8, 4) is 0 Å². The van der Waals surface area contributed by atoms with Crippen LogP contribution >= 0.6 is 0 Å². The fourth-order valence-electron chi connectivity index (χ4n) is 0.932. The Balaban J connectivity index is 4.10. The zero-order valence-electron chi connectivity index (χ0n) is 11.8. The molecule has 0 aromatic rings. The third-order valence-corrected chi connectivity index (χ3v) is 2.62. The zero-order chi connectivity index (χ0) is 16.8. The summed E-state index contributed by atoms with van der Waals surface area (Å²) in [6.45, 7) is 3.12. The Hall–Kier alpha value is -1.41. The molecule has 0 bridgehead atoms. The molecule has 124 valence electrons. The van der Waals surface area contributed by atoms with Crippen molar-refractivity contribution in [1.82, 2.24) is 0 Å². The number of ether oxygens (including phenoxy) is 2. The first kappa shape index (κ1) is 19.6. The van der Waals surface area contributed by atoms with Crippen LogP contribution in [0.1, 0.15) is 33.6 Å². The summed E-state index contributed by atoms with van der Waals surface area (Å²) >= 11 is 0. The molecule has 0 aliphatic carbocycles. The molecule has 0 heterocycles. The van der Waals surface area contributed by atoms with E-state index < -0.39 is 49.6 Å². The Labute approximate surface area is 118 Å². The van der Waals surface area contributed by atoms with E-state index in [0.717, 1.165) is 0 Å². The van der Waals surface area contributed by atoms with Crippen LogP contribution in [0, 0.1) is 5.92 Å². The number of hydrogen-bond acceptors (Lipinski definition) is 4. The molecule has 21 heavy (non-hydrogen) atoms. The van der Waals surface area contributed by atoms with Gasteiger partial charge in [0.15, 0.2) is 6.61 Å². The summed E-state index contributed by atoms with van der Waals surface area (Å²) in [7, 11) is 0. The van der Waals surface area contributed by atoms with Crippen molar-refractivity contribution < 1.29 is 41.0 Å². The Morgan fingerprint density at radius 2 is 1.43 bits per heavy atom. The van der Waals surface area contributed by atoms with Gasteiger partial charge in [0.25, 0.3) is 0 Å². The summed E-state index contributed by atoms with van der Waals surface area (Å²) < 4.78 is 69.0. The van der Waals surface area contributed by atoms with Crippen molar-refractivity contribution in [2.24, 2.45) is 5.92 Å². The first-order chi connectivity index (χ1) is 9.36. The van der Waals surface area contributed by atoms with E-state index in [0.29, 0.717) is 0 Å². The number of carbonyl (C=O) groups excluding carboxylic acids is 2. The third-order valence-electron chi connectivity index (χ3n) is 2.62. The highest BCUT2D eigenvalue weighted by molar-refractivity contribution is 5.77. The monoisotopic (exact) mass is 320 g/mol. The fourth-order valence-corrected chi connectivity index (χ4v) is 0.932. The van der Waals surface area contributed by atoms with Crippen LogP contribution in [0.5, 0.6) is 0 Å². The molecule has 0 aromatic carbocycles. The van der Waals surface area contributed by atoms with Crippen molar-refractivity contribution in [3.05, 3.63) is 0 Å². The van der Waals surface area contributed by atoms with Gasteiger partial charge in [-0.1, -0.05) is 13.8 Å². The van der Waals surface area contributed by atoms with Crippen LogP contribution in [-0.2, 0) is 19.1 Å². The van der Waals surface area contributed by atoms with Crippen LogP contribution in [0.15, 0.2) is 0 Å². The molecule has 0 fully saturated rings. The maximum atomic E-state index is 12.5. The lowest BCUT2D eigenvalue weighted by molar-refractivity contribution is -0.294. The molecular formula is C12H17F5O4. The standard InChI is InChI=1S/C12H17F5O4/c1-7(2)8(3)21-10(19)5-4-9(18)20-6-11(13,14)12(15,16)17/h7-8H,4-6H2,1-3H3. The molecule has 0 spiro atoms. The minimum atomic E-state index is -5.79. The molecule has 9 heteroatoms. The average Bonchev–Trinajstić information content (AvgIpc) is 2.32. The predicted octanol–water partition coefficient (Wildman–Crippen LogP) is 3.10. The largest absolute Gasteiger partial charge is 0.462 e. The highest BCUT2D eigenvalue weighted by Gasteiger charge is 2.58. The van der Waals surface area contributed by atoms with Gasteiger partial charge in [0.05, 0.1) is 12.8 Å². The molecule has 0 amide bonds. The van der Waals surface area contributed by atoms with Crippen molar-refractivity contribution in [2.45, 2.75) is 51.8 Å². The maximum Gasteiger partial charge on any atom is 0.456 e. The molecule has 0 aliphatic heterocycles. The Morgan fingerprint density at radius 3 is 1.86 bits per heavy atom. The Bertz CT molecular complexity index is 365. The van der Waals surface area contributed by atoms with Crippen LogP contribution in [0.3, 0.4) is 0 Å². The van der Waals surface area contributed by atoms with Gasteiger partial charge in [-0.25, -0.2) is 0 Å². The summed E-state index contributed by atoms with van der Waals surface area (Å²) in [4.78, 5) is 22.3. The second-order valence-electron chi connectivity index (χ2n) is 4.80. The highest BCUT2D eigenvalue weighted by atomic mass is 19.4. The molecule has 4 nitrogen and oxygen atoms in total. The minimum Gasteiger partial charge on any atom is -0.462 e. The van der Waals surface area contributed by atoms with E-state index in [1.165, 1.54) is 0 Å². The number of halogens is 5. The lowest BCUT2D eigenvalue weighted by atomic mass is 10.1. The number of alkyl halides is 5. The van der Waals surface area contributed by atoms with Crippen molar-refractivity contribution in [3.63, 3.8) is 0 Å². The smallest absolute Gasteiger partial charge is 0.456 e. The number of hydrogen-bond donors (Lipinski definition) is 0. The average molecular weight is 320 g/mol. The van der Waals surface area contributed by atoms with E-state index in [1.54, 1.807) is 20.8 Å². The van der Waals surface area contributed by atoms with Crippen LogP contribution in [0.4, 0.5) is 22.0 Å². The van der Waals surface area contributed by atoms with Gasteiger partial charge < -0.3 is 9.47 Å². The van der Waals surface area contributed by atoms with Gasteiger partial charge in [-0.3, -0.25) is 9.59 Å².